The van der Waals surface area contributed by atoms with Gasteiger partial charge in [0.25, 0.3) is 5.91 Å². The van der Waals surface area contributed by atoms with Gasteiger partial charge in [-0.05, 0) is 32.4 Å². The minimum atomic E-state index is -0.268. The van der Waals surface area contributed by atoms with Gasteiger partial charge in [-0.3, -0.25) is 9.59 Å². The highest BCUT2D eigenvalue weighted by molar-refractivity contribution is 7.99. The van der Waals surface area contributed by atoms with E-state index in [0.29, 0.717) is 16.5 Å². The summed E-state index contributed by atoms with van der Waals surface area (Å²) in [5, 5.41) is 14.7. The monoisotopic (exact) mass is 364 g/mol. The average Bonchev–Trinajstić information content (AvgIpc) is 2.98. The van der Waals surface area contributed by atoms with Crippen molar-refractivity contribution in [1.82, 2.24) is 15.5 Å². The van der Waals surface area contributed by atoms with Gasteiger partial charge in [0, 0.05) is 17.5 Å². The Morgan fingerprint density at radius 1 is 1.25 bits per heavy atom. The number of benzene rings is 1. The third-order valence-electron chi connectivity index (χ3n) is 2.96. The Labute approximate surface area is 149 Å². The molecule has 1 aromatic heterocycles. The van der Waals surface area contributed by atoms with E-state index in [0.717, 1.165) is 16.3 Å². The van der Waals surface area contributed by atoms with Crippen molar-refractivity contribution in [1.29, 1.82) is 0 Å². The zero-order valence-electron chi connectivity index (χ0n) is 13.8. The van der Waals surface area contributed by atoms with Crippen LogP contribution < -0.4 is 10.6 Å². The summed E-state index contributed by atoms with van der Waals surface area (Å²) in [6.07, 6.45) is 0. The largest absolute Gasteiger partial charge is 0.353 e. The molecule has 0 aliphatic rings. The minimum absolute atomic E-state index is 0.00275. The lowest BCUT2D eigenvalue weighted by Gasteiger charge is -2.06. The molecule has 0 saturated heterocycles. The first kappa shape index (κ1) is 18.4. The third-order valence-corrected chi connectivity index (χ3v) is 5.01. The van der Waals surface area contributed by atoms with Gasteiger partial charge in [-0.15, -0.1) is 22.0 Å². The Kier molecular flexibility index (Phi) is 6.74. The number of aromatic nitrogens is 2. The molecule has 6 nitrogen and oxygen atoms in total. The molecule has 1 aromatic carbocycles. The van der Waals surface area contributed by atoms with Gasteiger partial charge in [0.1, 0.15) is 5.01 Å². The van der Waals surface area contributed by atoms with Crippen LogP contribution in [-0.2, 0) is 10.5 Å². The van der Waals surface area contributed by atoms with Gasteiger partial charge in [-0.1, -0.05) is 29.5 Å². The van der Waals surface area contributed by atoms with E-state index in [1.807, 2.05) is 45.0 Å². The van der Waals surface area contributed by atoms with Crippen LogP contribution in [0, 0.1) is 6.92 Å². The van der Waals surface area contributed by atoms with Gasteiger partial charge >= 0.3 is 0 Å². The molecule has 0 atom stereocenters. The Balaban J connectivity index is 1.85. The predicted octanol–water partition coefficient (Wildman–Crippen LogP) is 2.86. The number of anilines is 1. The smallest absolute Gasteiger partial charge is 0.286 e. The summed E-state index contributed by atoms with van der Waals surface area (Å²) in [4.78, 5) is 23.8. The highest BCUT2D eigenvalue weighted by atomic mass is 32.2. The number of thioether (sulfide) groups is 1. The van der Waals surface area contributed by atoms with Crippen LogP contribution in [0.2, 0.25) is 0 Å². The highest BCUT2D eigenvalue weighted by Crippen LogP contribution is 2.19. The van der Waals surface area contributed by atoms with Crippen LogP contribution in [-0.4, -0.2) is 33.8 Å². The van der Waals surface area contributed by atoms with Crippen molar-refractivity contribution in [3.63, 3.8) is 0 Å². The molecule has 2 N–H and O–H groups in total. The lowest BCUT2D eigenvalue weighted by Crippen LogP contribution is -2.31. The Morgan fingerprint density at radius 3 is 2.71 bits per heavy atom. The molecule has 0 spiro atoms. The summed E-state index contributed by atoms with van der Waals surface area (Å²) in [6.45, 7) is 5.78. The molecule has 128 valence electrons. The lowest BCUT2D eigenvalue weighted by atomic mass is 10.2. The maximum absolute atomic E-state index is 12.2. The van der Waals surface area contributed by atoms with Crippen molar-refractivity contribution in [3.05, 3.63) is 39.8 Å². The van der Waals surface area contributed by atoms with Crippen molar-refractivity contribution in [2.45, 2.75) is 32.6 Å². The first-order valence-electron chi connectivity index (χ1n) is 7.52. The number of carbonyl (C=O) groups excluding carboxylic acids is 2. The molecule has 0 fully saturated rings. The van der Waals surface area contributed by atoms with Crippen LogP contribution in [0.25, 0.3) is 0 Å². The van der Waals surface area contributed by atoms with Crippen LogP contribution in [0.4, 0.5) is 5.69 Å². The molecular formula is C16H20N4O2S2. The van der Waals surface area contributed by atoms with Crippen LogP contribution in [0.5, 0.6) is 0 Å². The van der Waals surface area contributed by atoms with Gasteiger partial charge in [0.15, 0.2) is 0 Å². The number of nitrogens with zero attached hydrogens (tertiary/aromatic N) is 2. The standard InChI is InChI=1S/C16H20N4O2S2/c1-10(2)17-13(21)8-23-9-14-19-20-16(24-14)15(22)18-12-7-5-4-6-11(12)3/h4-7,10H,8-9H2,1-3H3,(H,17,21)(H,18,22). The SMILES string of the molecule is Cc1ccccc1NC(=O)c1nnc(CSCC(=O)NC(C)C)s1. The molecule has 2 aromatic rings. The van der Waals surface area contributed by atoms with Crippen LogP contribution in [0.1, 0.15) is 34.2 Å². The van der Waals surface area contributed by atoms with Gasteiger partial charge in [0.2, 0.25) is 10.9 Å². The first-order chi connectivity index (χ1) is 11.5. The number of hydrogen-bond acceptors (Lipinski definition) is 6. The Morgan fingerprint density at radius 2 is 2.00 bits per heavy atom. The van der Waals surface area contributed by atoms with Crippen molar-refractivity contribution < 1.29 is 9.59 Å². The van der Waals surface area contributed by atoms with Crippen molar-refractivity contribution >= 4 is 40.6 Å². The quantitative estimate of drug-likeness (QED) is 0.789. The number of hydrogen-bond donors (Lipinski definition) is 2. The molecule has 2 amide bonds. The Hall–Kier alpha value is -1.93. The summed E-state index contributed by atoms with van der Waals surface area (Å²) in [5.74, 6) is 0.649. The fourth-order valence-corrected chi connectivity index (χ4v) is 3.51. The summed E-state index contributed by atoms with van der Waals surface area (Å²) < 4.78 is 0. The third kappa shape index (κ3) is 5.61. The molecule has 0 saturated carbocycles. The molecule has 0 radical (unpaired) electrons. The zero-order chi connectivity index (χ0) is 17.5. The normalized spacial score (nSPS) is 10.7. The predicted molar refractivity (Wildman–Crippen MR) is 98.5 cm³/mol. The molecule has 1 heterocycles. The van der Waals surface area contributed by atoms with E-state index < -0.39 is 0 Å². The molecule has 8 heteroatoms. The Bertz CT molecular complexity index is 716. The topological polar surface area (TPSA) is 84.0 Å². The second-order valence-corrected chi connectivity index (χ2v) is 7.53. The fourth-order valence-electron chi connectivity index (χ4n) is 1.89. The molecule has 0 unspecified atom stereocenters. The van der Waals surface area contributed by atoms with Gasteiger partial charge in [-0.2, -0.15) is 0 Å². The summed E-state index contributed by atoms with van der Waals surface area (Å²) in [5.41, 5.74) is 1.75. The molecule has 0 aliphatic carbocycles. The summed E-state index contributed by atoms with van der Waals surface area (Å²) >= 11 is 2.70. The van der Waals surface area contributed by atoms with Crippen LogP contribution in [0.15, 0.2) is 24.3 Å². The number of rotatable bonds is 7. The van der Waals surface area contributed by atoms with Crippen molar-refractivity contribution in [3.8, 4) is 0 Å². The van der Waals surface area contributed by atoms with E-state index in [4.69, 9.17) is 0 Å². The number of nitrogens with one attached hydrogen (secondary N) is 2. The molecule has 24 heavy (non-hydrogen) atoms. The van der Waals surface area contributed by atoms with E-state index in [9.17, 15) is 9.59 Å². The van der Waals surface area contributed by atoms with Crippen molar-refractivity contribution in [2.75, 3.05) is 11.1 Å². The summed E-state index contributed by atoms with van der Waals surface area (Å²) in [6, 6.07) is 7.70. The van der Waals surface area contributed by atoms with Gasteiger partial charge < -0.3 is 10.6 Å². The van der Waals surface area contributed by atoms with Gasteiger partial charge in [-0.25, -0.2) is 0 Å². The minimum Gasteiger partial charge on any atom is -0.353 e. The number of amides is 2. The highest BCUT2D eigenvalue weighted by Gasteiger charge is 2.14. The second-order valence-electron chi connectivity index (χ2n) is 5.49. The van der Waals surface area contributed by atoms with E-state index in [-0.39, 0.29) is 17.9 Å². The number of carbonyl (C=O) groups is 2. The lowest BCUT2D eigenvalue weighted by molar-refractivity contribution is -0.119. The second kappa shape index (κ2) is 8.79. The molecule has 0 bridgehead atoms. The molecule has 0 aliphatic heterocycles. The maximum atomic E-state index is 12.2. The average molecular weight is 364 g/mol. The fraction of sp³-hybridized carbons (Fsp3) is 0.375. The number of para-hydroxylation sites is 1. The van der Waals surface area contributed by atoms with E-state index in [2.05, 4.69) is 20.8 Å². The van der Waals surface area contributed by atoms with E-state index in [1.165, 1.54) is 23.1 Å². The van der Waals surface area contributed by atoms with E-state index >= 15 is 0 Å². The summed E-state index contributed by atoms with van der Waals surface area (Å²) in [7, 11) is 0. The zero-order valence-corrected chi connectivity index (χ0v) is 15.5. The molecular weight excluding hydrogens is 344 g/mol. The van der Waals surface area contributed by atoms with Crippen LogP contribution in [0.3, 0.4) is 0 Å². The molecule has 2 rings (SSSR count). The van der Waals surface area contributed by atoms with Crippen LogP contribution >= 0.6 is 23.1 Å². The first-order valence-corrected chi connectivity index (χ1v) is 9.49. The van der Waals surface area contributed by atoms with Crippen molar-refractivity contribution in [2.24, 2.45) is 0 Å². The van der Waals surface area contributed by atoms with Gasteiger partial charge in [0.05, 0.1) is 5.75 Å². The van der Waals surface area contributed by atoms with E-state index in [1.54, 1.807) is 0 Å². The maximum Gasteiger partial charge on any atom is 0.286 e. The number of aryl methyl sites for hydroxylation is 1.